The second-order valence-electron chi connectivity index (χ2n) is 5.78. The fourth-order valence-corrected chi connectivity index (χ4v) is 4.00. The van der Waals surface area contributed by atoms with Gasteiger partial charge in [-0.2, -0.15) is 0 Å². The number of amides is 1. The van der Waals surface area contributed by atoms with Crippen LogP contribution in [0, 0.1) is 0 Å². The summed E-state index contributed by atoms with van der Waals surface area (Å²) in [5.41, 5.74) is 3.00. The van der Waals surface area contributed by atoms with Crippen LogP contribution in [0.2, 0.25) is 10.2 Å². The average Bonchev–Trinajstić information content (AvgIpc) is 2.70. The Morgan fingerprint density at radius 3 is 2.59 bits per heavy atom. The number of aliphatic imine (C=N–C) groups is 1. The first-order chi connectivity index (χ1) is 13.1. The Balaban J connectivity index is 1.82. The third kappa shape index (κ3) is 3.72. The molecule has 0 saturated heterocycles. The van der Waals surface area contributed by atoms with Gasteiger partial charge in [-0.1, -0.05) is 71.4 Å². The van der Waals surface area contributed by atoms with E-state index in [0.29, 0.717) is 10.7 Å². The van der Waals surface area contributed by atoms with Crippen LogP contribution in [0.5, 0.6) is 0 Å². The molecular weight excluding hydrogens is 401 g/mol. The van der Waals surface area contributed by atoms with Crippen LogP contribution in [-0.4, -0.2) is 16.1 Å². The van der Waals surface area contributed by atoms with E-state index >= 15 is 0 Å². The number of nitrogens with zero attached hydrogens (tertiary/aromatic N) is 3. The molecule has 7 heteroatoms. The minimum atomic E-state index is -0.254. The molecule has 3 aromatic rings. The number of thioether (sulfide) groups is 1. The second-order valence-corrected chi connectivity index (χ2v) is 7.49. The van der Waals surface area contributed by atoms with Crippen LogP contribution in [0.4, 0.5) is 11.4 Å². The SMILES string of the molecule is O=C(c1cnc(Cl)c(Cl)c1)N1C(=Nc2ccccc2)SCc2ccccc21. The number of hydrogen-bond donors (Lipinski definition) is 0. The quantitative estimate of drug-likeness (QED) is 0.486. The topological polar surface area (TPSA) is 45.6 Å². The zero-order chi connectivity index (χ0) is 18.8. The zero-order valence-corrected chi connectivity index (χ0v) is 16.3. The lowest BCUT2D eigenvalue weighted by molar-refractivity contribution is 0.100. The molecule has 2 aromatic carbocycles. The van der Waals surface area contributed by atoms with Crippen LogP contribution in [0.25, 0.3) is 0 Å². The number of carbonyl (C=O) groups is 1. The van der Waals surface area contributed by atoms with E-state index in [2.05, 4.69) is 4.98 Å². The Bertz CT molecular complexity index is 1040. The molecule has 0 bridgehead atoms. The smallest absolute Gasteiger partial charge is 0.266 e. The Kier molecular flexibility index (Phi) is 5.16. The monoisotopic (exact) mass is 413 g/mol. The van der Waals surface area contributed by atoms with Crippen LogP contribution < -0.4 is 4.90 Å². The average molecular weight is 414 g/mol. The number of halogens is 2. The maximum atomic E-state index is 13.3. The van der Waals surface area contributed by atoms with E-state index in [-0.39, 0.29) is 16.1 Å². The molecule has 0 radical (unpaired) electrons. The fraction of sp³-hybridized carbons (Fsp3) is 0.0500. The number of rotatable bonds is 2. The third-order valence-corrected chi connectivity index (χ3v) is 5.68. The molecule has 0 spiro atoms. The van der Waals surface area contributed by atoms with Gasteiger partial charge in [0.05, 0.1) is 22.0 Å². The van der Waals surface area contributed by atoms with Crippen molar-refractivity contribution < 1.29 is 4.79 Å². The molecule has 1 amide bonds. The minimum Gasteiger partial charge on any atom is -0.268 e. The van der Waals surface area contributed by atoms with Gasteiger partial charge in [0.2, 0.25) is 0 Å². The Labute approximate surface area is 170 Å². The molecule has 0 saturated carbocycles. The summed E-state index contributed by atoms with van der Waals surface area (Å²) in [5, 5.41) is 1.01. The lowest BCUT2D eigenvalue weighted by atomic mass is 10.1. The second kappa shape index (κ2) is 7.72. The lowest BCUT2D eigenvalue weighted by Crippen LogP contribution is -2.38. The molecule has 2 heterocycles. The van der Waals surface area contributed by atoms with E-state index < -0.39 is 0 Å². The number of pyridine rings is 1. The van der Waals surface area contributed by atoms with Crippen molar-refractivity contribution in [2.75, 3.05) is 4.90 Å². The van der Waals surface area contributed by atoms with Gasteiger partial charge in [-0.25, -0.2) is 9.98 Å². The van der Waals surface area contributed by atoms with Crippen molar-refractivity contribution in [3.8, 4) is 0 Å². The maximum absolute atomic E-state index is 13.3. The number of anilines is 1. The van der Waals surface area contributed by atoms with E-state index in [1.54, 1.807) is 4.90 Å². The predicted octanol–water partition coefficient (Wildman–Crippen LogP) is 5.97. The molecule has 134 valence electrons. The number of amidine groups is 1. The molecule has 1 aliphatic rings. The highest BCUT2D eigenvalue weighted by Crippen LogP contribution is 2.36. The van der Waals surface area contributed by atoms with Crippen molar-refractivity contribution in [3.63, 3.8) is 0 Å². The van der Waals surface area contributed by atoms with Crippen molar-refractivity contribution in [1.29, 1.82) is 0 Å². The van der Waals surface area contributed by atoms with Crippen LogP contribution in [0.3, 0.4) is 0 Å². The van der Waals surface area contributed by atoms with Crippen LogP contribution >= 0.6 is 35.0 Å². The van der Waals surface area contributed by atoms with Gasteiger partial charge < -0.3 is 0 Å². The first-order valence-electron chi connectivity index (χ1n) is 8.13. The number of aromatic nitrogens is 1. The third-order valence-electron chi connectivity index (χ3n) is 4.01. The molecule has 4 rings (SSSR count). The maximum Gasteiger partial charge on any atom is 0.266 e. The molecule has 0 fully saturated rings. The van der Waals surface area contributed by atoms with Gasteiger partial charge in [-0.05, 0) is 29.8 Å². The molecule has 4 nitrogen and oxygen atoms in total. The summed E-state index contributed by atoms with van der Waals surface area (Å²) in [6.07, 6.45) is 1.43. The van der Waals surface area contributed by atoms with Crippen LogP contribution in [-0.2, 0) is 5.75 Å². The summed E-state index contributed by atoms with van der Waals surface area (Å²) in [6.45, 7) is 0. The van der Waals surface area contributed by atoms with Gasteiger partial charge in [0, 0.05) is 11.9 Å². The summed E-state index contributed by atoms with van der Waals surface area (Å²) in [4.78, 5) is 23.6. The minimum absolute atomic E-state index is 0.166. The standard InChI is InChI=1S/C20H13Cl2N3OS/c21-16-10-14(11-23-18(16)22)19(26)25-17-9-5-4-6-13(17)12-27-20(25)24-15-7-2-1-3-8-15/h1-11H,12H2. The van der Waals surface area contributed by atoms with Crippen molar-refractivity contribution in [2.45, 2.75) is 5.75 Å². The Morgan fingerprint density at radius 1 is 1.07 bits per heavy atom. The molecule has 0 aliphatic carbocycles. The summed E-state index contributed by atoms with van der Waals surface area (Å²) >= 11 is 13.5. The molecule has 0 N–H and O–H groups in total. The van der Waals surface area contributed by atoms with Gasteiger partial charge in [0.25, 0.3) is 5.91 Å². The number of benzene rings is 2. The van der Waals surface area contributed by atoms with Gasteiger partial charge in [-0.15, -0.1) is 0 Å². The number of fused-ring (bicyclic) bond motifs is 1. The summed E-state index contributed by atoms with van der Waals surface area (Å²) < 4.78 is 0. The number of carbonyl (C=O) groups excluding carboxylic acids is 1. The van der Waals surface area contributed by atoms with Crippen LogP contribution in [0.1, 0.15) is 15.9 Å². The highest BCUT2D eigenvalue weighted by Gasteiger charge is 2.30. The summed E-state index contributed by atoms with van der Waals surface area (Å²) in [6, 6.07) is 18.9. The Hall–Kier alpha value is -2.34. The first-order valence-corrected chi connectivity index (χ1v) is 9.87. The molecule has 27 heavy (non-hydrogen) atoms. The van der Waals surface area contributed by atoms with E-state index in [9.17, 15) is 4.79 Å². The zero-order valence-electron chi connectivity index (χ0n) is 14.0. The van der Waals surface area contributed by atoms with Crippen molar-refractivity contribution in [3.05, 3.63) is 88.2 Å². The lowest BCUT2D eigenvalue weighted by Gasteiger charge is -2.30. The van der Waals surface area contributed by atoms with Gasteiger partial charge >= 0.3 is 0 Å². The van der Waals surface area contributed by atoms with E-state index in [1.165, 1.54) is 24.0 Å². The molecule has 0 unspecified atom stereocenters. The normalized spacial score (nSPS) is 14.9. The Morgan fingerprint density at radius 2 is 1.81 bits per heavy atom. The molecule has 1 aliphatic heterocycles. The highest BCUT2D eigenvalue weighted by molar-refractivity contribution is 8.13. The number of para-hydroxylation sites is 2. The summed E-state index contributed by atoms with van der Waals surface area (Å²) in [7, 11) is 0. The highest BCUT2D eigenvalue weighted by atomic mass is 35.5. The van der Waals surface area contributed by atoms with Gasteiger partial charge in [0.1, 0.15) is 5.15 Å². The van der Waals surface area contributed by atoms with Crippen molar-refractivity contribution in [1.82, 2.24) is 4.98 Å². The van der Waals surface area contributed by atoms with Crippen molar-refractivity contribution in [2.24, 2.45) is 4.99 Å². The largest absolute Gasteiger partial charge is 0.268 e. The first kappa shape index (κ1) is 18.0. The van der Waals surface area contributed by atoms with Gasteiger partial charge in [-0.3, -0.25) is 9.69 Å². The van der Waals surface area contributed by atoms with Crippen molar-refractivity contribution >= 4 is 57.4 Å². The molecule has 1 aromatic heterocycles. The number of hydrogen-bond acceptors (Lipinski definition) is 4. The van der Waals surface area contributed by atoms with E-state index in [0.717, 1.165) is 22.7 Å². The molecule has 0 atom stereocenters. The van der Waals surface area contributed by atoms with E-state index in [1.807, 2.05) is 54.6 Å². The van der Waals surface area contributed by atoms with Crippen LogP contribution in [0.15, 0.2) is 71.9 Å². The predicted molar refractivity (Wildman–Crippen MR) is 112 cm³/mol. The van der Waals surface area contributed by atoms with Gasteiger partial charge in [0.15, 0.2) is 5.17 Å². The van der Waals surface area contributed by atoms with E-state index in [4.69, 9.17) is 28.2 Å². The summed E-state index contributed by atoms with van der Waals surface area (Å²) in [5.74, 6) is 0.487. The molecular formula is C20H13Cl2N3OS. The fourth-order valence-electron chi connectivity index (χ4n) is 2.72.